The maximum atomic E-state index is 12.7. The molecule has 1 fully saturated rings. The molecule has 3 aromatic rings. The van der Waals surface area contributed by atoms with Crippen molar-refractivity contribution in [3.05, 3.63) is 64.7 Å². The summed E-state index contributed by atoms with van der Waals surface area (Å²) in [6, 6.07) is 13.7. The van der Waals surface area contributed by atoms with Gasteiger partial charge in [0.1, 0.15) is 5.69 Å². The Hall–Kier alpha value is -2.73. The molecule has 1 N–H and O–H groups in total. The van der Waals surface area contributed by atoms with Crippen LogP contribution in [0, 0.1) is 5.92 Å². The van der Waals surface area contributed by atoms with Crippen LogP contribution >= 0.6 is 0 Å². The van der Waals surface area contributed by atoms with Crippen molar-refractivity contribution in [1.29, 1.82) is 0 Å². The van der Waals surface area contributed by atoms with Gasteiger partial charge in [0.2, 0.25) is 0 Å². The summed E-state index contributed by atoms with van der Waals surface area (Å²) in [6.45, 7) is 6.88. The summed E-state index contributed by atoms with van der Waals surface area (Å²) in [5, 5.41) is 12.0. The highest BCUT2D eigenvalue weighted by Crippen LogP contribution is 2.27. The maximum Gasteiger partial charge on any atom is 0.252 e. The summed E-state index contributed by atoms with van der Waals surface area (Å²) in [5.41, 5.74) is 3.67. The SMILES string of the molecule is CCn1c([C@@H]2CNCC(C)C2)cc(-n2cc(-c3ccccc3)nn2)cc1=O. The smallest absolute Gasteiger partial charge is 0.252 e. The fourth-order valence-corrected chi connectivity index (χ4v) is 3.92. The van der Waals surface area contributed by atoms with Gasteiger partial charge in [-0.05, 0) is 31.9 Å². The van der Waals surface area contributed by atoms with E-state index in [4.69, 9.17) is 0 Å². The van der Waals surface area contributed by atoms with Crippen LogP contribution in [0.4, 0.5) is 0 Å². The summed E-state index contributed by atoms with van der Waals surface area (Å²) in [5.74, 6) is 0.933. The van der Waals surface area contributed by atoms with Gasteiger partial charge in [-0.25, -0.2) is 4.68 Å². The minimum atomic E-state index is 0.0139. The third-order valence-electron chi connectivity index (χ3n) is 5.28. The topological polar surface area (TPSA) is 64.7 Å². The van der Waals surface area contributed by atoms with Crippen molar-refractivity contribution < 1.29 is 0 Å². The summed E-state index contributed by atoms with van der Waals surface area (Å²) in [7, 11) is 0. The molecule has 0 spiro atoms. The van der Waals surface area contributed by atoms with Crippen LogP contribution in [-0.2, 0) is 6.54 Å². The Labute approximate surface area is 158 Å². The van der Waals surface area contributed by atoms with Gasteiger partial charge in [-0.1, -0.05) is 42.5 Å². The van der Waals surface area contributed by atoms with Crippen molar-refractivity contribution >= 4 is 0 Å². The second-order valence-corrected chi connectivity index (χ2v) is 7.33. The van der Waals surface area contributed by atoms with E-state index in [1.54, 1.807) is 10.7 Å². The molecule has 6 heteroatoms. The number of hydrogen-bond acceptors (Lipinski definition) is 4. The maximum absolute atomic E-state index is 12.7. The first kappa shape index (κ1) is 17.7. The van der Waals surface area contributed by atoms with E-state index in [2.05, 4.69) is 28.6 Å². The third-order valence-corrected chi connectivity index (χ3v) is 5.28. The molecule has 1 aliphatic rings. The largest absolute Gasteiger partial charge is 0.316 e. The van der Waals surface area contributed by atoms with Crippen molar-refractivity contribution in [2.45, 2.75) is 32.7 Å². The Morgan fingerprint density at radius 3 is 2.74 bits per heavy atom. The Bertz CT molecular complexity index is 976. The van der Waals surface area contributed by atoms with E-state index in [-0.39, 0.29) is 5.56 Å². The Morgan fingerprint density at radius 2 is 2.00 bits per heavy atom. The van der Waals surface area contributed by atoms with Crippen LogP contribution in [0.5, 0.6) is 0 Å². The molecule has 27 heavy (non-hydrogen) atoms. The van der Waals surface area contributed by atoms with Crippen LogP contribution in [0.2, 0.25) is 0 Å². The lowest BCUT2D eigenvalue weighted by Crippen LogP contribution is -2.36. The first-order valence-electron chi connectivity index (χ1n) is 9.59. The summed E-state index contributed by atoms with van der Waals surface area (Å²) in [4.78, 5) is 12.7. The molecule has 6 nitrogen and oxygen atoms in total. The van der Waals surface area contributed by atoms with E-state index in [1.165, 1.54) is 0 Å². The van der Waals surface area contributed by atoms with Crippen molar-refractivity contribution in [2.24, 2.45) is 5.92 Å². The van der Waals surface area contributed by atoms with E-state index >= 15 is 0 Å². The molecule has 4 rings (SSSR count). The highest BCUT2D eigenvalue weighted by molar-refractivity contribution is 5.57. The summed E-state index contributed by atoms with van der Waals surface area (Å²) < 4.78 is 3.58. The monoisotopic (exact) mass is 363 g/mol. The predicted molar refractivity (Wildman–Crippen MR) is 106 cm³/mol. The number of hydrogen-bond donors (Lipinski definition) is 1. The van der Waals surface area contributed by atoms with Crippen molar-refractivity contribution in [3.8, 4) is 16.9 Å². The van der Waals surface area contributed by atoms with Crippen molar-refractivity contribution in [1.82, 2.24) is 24.9 Å². The zero-order chi connectivity index (χ0) is 18.8. The lowest BCUT2D eigenvalue weighted by Gasteiger charge is -2.30. The number of rotatable bonds is 4. The predicted octanol–water partition coefficient (Wildman–Crippen LogP) is 2.83. The minimum Gasteiger partial charge on any atom is -0.316 e. The zero-order valence-corrected chi connectivity index (χ0v) is 15.8. The van der Waals surface area contributed by atoms with Crippen molar-refractivity contribution in [3.63, 3.8) is 0 Å². The Kier molecular flexibility index (Phi) is 4.90. The quantitative estimate of drug-likeness (QED) is 0.774. The van der Waals surface area contributed by atoms with Crippen LogP contribution in [0.1, 0.15) is 31.9 Å². The number of pyridine rings is 1. The molecule has 140 valence electrons. The van der Waals surface area contributed by atoms with Crippen molar-refractivity contribution in [2.75, 3.05) is 13.1 Å². The molecule has 2 aromatic heterocycles. The molecule has 0 saturated carbocycles. The van der Waals surface area contributed by atoms with Crippen LogP contribution in [-0.4, -0.2) is 32.7 Å². The Balaban J connectivity index is 1.74. The first-order valence-corrected chi connectivity index (χ1v) is 9.59. The van der Waals surface area contributed by atoms with Gasteiger partial charge in [0, 0.05) is 36.3 Å². The van der Waals surface area contributed by atoms with E-state index in [0.29, 0.717) is 18.4 Å². The molecule has 0 bridgehead atoms. The molecule has 0 amide bonds. The normalized spacial score (nSPS) is 19.9. The van der Waals surface area contributed by atoms with Crippen LogP contribution in [0.15, 0.2) is 53.5 Å². The van der Waals surface area contributed by atoms with E-state index in [1.807, 2.05) is 48.0 Å². The molecule has 3 heterocycles. The standard InChI is InChI=1S/C21H25N5O/c1-3-25-20(17-9-15(2)12-22-13-17)10-18(11-21(25)27)26-14-19(23-24-26)16-7-5-4-6-8-16/h4-8,10-11,14-15,17,22H,3,9,12-13H2,1-2H3/t15?,17-/m0/s1. The third kappa shape index (κ3) is 3.57. The average molecular weight is 363 g/mol. The first-order chi connectivity index (χ1) is 13.2. The molecular weight excluding hydrogens is 338 g/mol. The van der Waals surface area contributed by atoms with E-state index in [0.717, 1.165) is 42.1 Å². The summed E-state index contributed by atoms with van der Waals surface area (Å²) in [6.07, 6.45) is 2.97. The highest BCUT2D eigenvalue weighted by atomic mass is 16.1. The van der Waals surface area contributed by atoms with Crippen LogP contribution in [0.3, 0.4) is 0 Å². The van der Waals surface area contributed by atoms with Gasteiger partial charge in [0.25, 0.3) is 5.56 Å². The molecule has 1 saturated heterocycles. The highest BCUT2D eigenvalue weighted by Gasteiger charge is 2.23. The van der Waals surface area contributed by atoms with Crippen LogP contribution < -0.4 is 10.9 Å². The lowest BCUT2D eigenvalue weighted by molar-refractivity contribution is 0.351. The average Bonchev–Trinajstić information content (AvgIpc) is 3.18. The van der Waals surface area contributed by atoms with E-state index in [9.17, 15) is 4.79 Å². The number of nitrogens with zero attached hydrogens (tertiary/aromatic N) is 4. The van der Waals surface area contributed by atoms with Gasteiger partial charge in [-0.3, -0.25) is 4.79 Å². The van der Waals surface area contributed by atoms with Gasteiger partial charge in [-0.2, -0.15) is 0 Å². The fourth-order valence-electron chi connectivity index (χ4n) is 3.92. The molecule has 1 aromatic carbocycles. The second-order valence-electron chi connectivity index (χ2n) is 7.33. The lowest BCUT2D eigenvalue weighted by atomic mass is 9.88. The molecule has 0 aliphatic carbocycles. The molecular formula is C21H25N5O. The molecule has 0 radical (unpaired) electrons. The van der Waals surface area contributed by atoms with Gasteiger partial charge < -0.3 is 9.88 Å². The zero-order valence-electron chi connectivity index (χ0n) is 15.8. The van der Waals surface area contributed by atoms with Gasteiger partial charge >= 0.3 is 0 Å². The fraction of sp³-hybridized carbons (Fsp3) is 0.381. The number of benzene rings is 1. The molecule has 2 atom stereocenters. The number of piperidine rings is 1. The Morgan fingerprint density at radius 1 is 1.19 bits per heavy atom. The molecule has 1 unspecified atom stereocenters. The number of nitrogens with one attached hydrogen (secondary N) is 1. The number of aromatic nitrogens is 4. The van der Waals surface area contributed by atoms with Gasteiger partial charge in [-0.15, -0.1) is 5.10 Å². The van der Waals surface area contributed by atoms with E-state index < -0.39 is 0 Å². The van der Waals surface area contributed by atoms with Gasteiger partial charge in [0.15, 0.2) is 0 Å². The minimum absolute atomic E-state index is 0.0139. The van der Waals surface area contributed by atoms with Crippen LogP contribution in [0.25, 0.3) is 16.9 Å². The molecule has 1 aliphatic heterocycles. The summed E-state index contributed by atoms with van der Waals surface area (Å²) >= 11 is 0. The second kappa shape index (κ2) is 7.48. The van der Waals surface area contributed by atoms with Gasteiger partial charge in [0.05, 0.1) is 11.9 Å².